The van der Waals surface area contributed by atoms with Crippen LogP contribution in [0.1, 0.15) is 18.5 Å². The molecule has 4 nitrogen and oxygen atoms in total. The van der Waals surface area contributed by atoms with Crippen molar-refractivity contribution in [2.24, 2.45) is 0 Å². The molecule has 2 aromatic rings. The first-order valence-electron chi connectivity index (χ1n) is 6.15. The molecular weight excluding hydrogens is 226 g/mol. The van der Waals surface area contributed by atoms with Crippen molar-refractivity contribution >= 4 is 0 Å². The molecule has 0 bridgehead atoms. The summed E-state index contributed by atoms with van der Waals surface area (Å²) in [4.78, 5) is 0. The molecule has 1 N–H and O–H groups in total. The lowest BCUT2D eigenvalue weighted by Gasteiger charge is -2.17. The van der Waals surface area contributed by atoms with Gasteiger partial charge in [-0.3, -0.25) is 4.68 Å². The molecule has 0 saturated carbocycles. The number of nitrogens with one attached hydrogen (secondary N) is 1. The lowest BCUT2D eigenvalue weighted by atomic mass is 10.1. The summed E-state index contributed by atoms with van der Waals surface area (Å²) in [5.41, 5.74) is 1.18. The van der Waals surface area contributed by atoms with Crippen LogP contribution in [0, 0.1) is 0 Å². The van der Waals surface area contributed by atoms with Crippen molar-refractivity contribution in [2.75, 3.05) is 13.7 Å². The van der Waals surface area contributed by atoms with Gasteiger partial charge in [-0.1, -0.05) is 18.2 Å². The van der Waals surface area contributed by atoms with Gasteiger partial charge in [0.25, 0.3) is 0 Å². The molecule has 0 amide bonds. The molecule has 4 heteroatoms. The van der Waals surface area contributed by atoms with Crippen molar-refractivity contribution < 1.29 is 4.74 Å². The van der Waals surface area contributed by atoms with Crippen molar-refractivity contribution in [3.63, 3.8) is 0 Å². The standard InChI is InChI=1S/C14H19N3O/c1-12(13-6-3-4-7-14(13)18-2)15-9-11-17-10-5-8-16-17/h3-8,10,12,15H,9,11H2,1-2H3. The molecule has 0 radical (unpaired) electrons. The Balaban J connectivity index is 1.89. The third kappa shape index (κ3) is 3.11. The summed E-state index contributed by atoms with van der Waals surface area (Å²) in [7, 11) is 1.70. The van der Waals surface area contributed by atoms with E-state index >= 15 is 0 Å². The Labute approximate surface area is 108 Å². The average Bonchev–Trinajstić information content (AvgIpc) is 2.91. The van der Waals surface area contributed by atoms with E-state index in [0.29, 0.717) is 0 Å². The summed E-state index contributed by atoms with van der Waals surface area (Å²) in [5, 5.41) is 7.64. The van der Waals surface area contributed by atoms with Crippen molar-refractivity contribution in [3.8, 4) is 5.75 Å². The van der Waals surface area contributed by atoms with E-state index in [4.69, 9.17) is 4.74 Å². The van der Waals surface area contributed by atoms with Crippen LogP contribution in [0.25, 0.3) is 0 Å². The Morgan fingerprint density at radius 2 is 2.17 bits per heavy atom. The lowest BCUT2D eigenvalue weighted by molar-refractivity contribution is 0.400. The maximum Gasteiger partial charge on any atom is 0.123 e. The topological polar surface area (TPSA) is 39.1 Å². The zero-order valence-electron chi connectivity index (χ0n) is 10.8. The first-order chi connectivity index (χ1) is 8.81. The second-order valence-electron chi connectivity index (χ2n) is 4.19. The highest BCUT2D eigenvalue weighted by Crippen LogP contribution is 2.23. The van der Waals surface area contributed by atoms with Crippen LogP contribution in [-0.4, -0.2) is 23.4 Å². The molecule has 1 aromatic carbocycles. The number of para-hydroxylation sites is 1. The number of benzene rings is 1. The third-order valence-corrected chi connectivity index (χ3v) is 2.96. The summed E-state index contributed by atoms with van der Waals surface area (Å²) in [6.45, 7) is 3.88. The fraction of sp³-hybridized carbons (Fsp3) is 0.357. The van der Waals surface area contributed by atoms with Gasteiger partial charge in [-0.2, -0.15) is 5.10 Å². The van der Waals surface area contributed by atoms with Gasteiger partial charge in [0.1, 0.15) is 5.75 Å². The molecule has 96 valence electrons. The fourth-order valence-electron chi connectivity index (χ4n) is 1.96. The molecule has 1 heterocycles. The third-order valence-electron chi connectivity index (χ3n) is 2.96. The van der Waals surface area contributed by atoms with E-state index in [9.17, 15) is 0 Å². The first kappa shape index (κ1) is 12.6. The zero-order valence-corrected chi connectivity index (χ0v) is 10.8. The van der Waals surface area contributed by atoms with E-state index in [1.807, 2.05) is 35.1 Å². The van der Waals surface area contributed by atoms with Gasteiger partial charge >= 0.3 is 0 Å². The normalized spacial score (nSPS) is 12.3. The highest BCUT2D eigenvalue weighted by Gasteiger charge is 2.09. The molecule has 0 spiro atoms. The molecule has 1 unspecified atom stereocenters. The van der Waals surface area contributed by atoms with Crippen LogP contribution in [0.2, 0.25) is 0 Å². The predicted molar refractivity (Wildman–Crippen MR) is 71.6 cm³/mol. The zero-order chi connectivity index (χ0) is 12.8. The SMILES string of the molecule is COc1ccccc1C(C)NCCn1cccn1. The van der Waals surface area contributed by atoms with Crippen LogP contribution in [0.4, 0.5) is 0 Å². The Bertz CT molecular complexity index is 468. The number of aromatic nitrogens is 2. The van der Waals surface area contributed by atoms with Crippen molar-refractivity contribution in [1.82, 2.24) is 15.1 Å². The molecule has 0 aliphatic rings. The predicted octanol–water partition coefficient (Wildman–Crippen LogP) is 2.24. The van der Waals surface area contributed by atoms with Crippen molar-refractivity contribution in [3.05, 3.63) is 48.3 Å². The van der Waals surface area contributed by atoms with Crippen LogP contribution >= 0.6 is 0 Å². The molecule has 0 aliphatic carbocycles. The van der Waals surface area contributed by atoms with E-state index in [1.54, 1.807) is 13.3 Å². The summed E-state index contributed by atoms with van der Waals surface area (Å²) in [6.07, 6.45) is 3.76. The van der Waals surface area contributed by atoms with Crippen LogP contribution in [0.5, 0.6) is 5.75 Å². The van der Waals surface area contributed by atoms with Crippen LogP contribution < -0.4 is 10.1 Å². The number of ether oxygens (including phenoxy) is 1. The quantitative estimate of drug-likeness (QED) is 0.848. The molecular formula is C14H19N3O. The lowest BCUT2D eigenvalue weighted by Crippen LogP contribution is -2.23. The van der Waals surface area contributed by atoms with Gasteiger partial charge in [0.05, 0.1) is 13.7 Å². The molecule has 18 heavy (non-hydrogen) atoms. The number of hydrogen-bond acceptors (Lipinski definition) is 3. The average molecular weight is 245 g/mol. The van der Waals surface area contributed by atoms with E-state index in [1.165, 1.54) is 5.56 Å². The second-order valence-corrected chi connectivity index (χ2v) is 4.19. The smallest absolute Gasteiger partial charge is 0.123 e. The maximum atomic E-state index is 5.36. The van der Waals surface area contributed by atoms with Crippen LogP contribution in [-0.2, 0) is 6.54 Å². The van der Waals surface area contributed by atoms with Gasteiger partial charge in [0.15, 0.2) is 0 Å². The summed E-state index contributed by atoms with van der Waals surface area (Å²) in [5.74, 6) is 0.927. The maximum absolute atomic E-state index is 5.36. The van der Waals surface area contributed by atoms with E-state index < -0.39 is 0 Å². The summed E-state index contributed by atoms with van der Waals surface area (Å²) in [6, 6.07) is 10.3. The van der Waals surface area contributed by atoms with E-state index in [0.717, 1.165) is 18.8 Å². The molecule has 0 aliphatic heterocycles. The minimum absolute atomic E-state index is 0.261. The molecule has 0 fully saturated rings. The molecule has 1 aromatic heterocycles. The van der Waals surface area contributed by atoms with Gasteiger partial charge < -0.3 is 10.1 Å². The molecule has 2 rings (SSSR count). The number of nitrogens with zero attached hydrogens (tertiary/aromatic N) is 2. The largest absolute Gasteiger partial charge is 0.496 e. The van der Waals surface area contributed by atoms with E-state index in [2.05, 4.69) is 23.4 Å². The van der Waals surface area contributed by atoms with Gasteiger partial charge in [0, 0.05) is 30.5 Å². The number of methoxy groups -OCH3 is 1. The Kier molecular flexibility index (Phi) is 4.36. The molecule has 0 saturated heterocycles. The van der Waals surface area contributed by atoms with Crippen LogP contribution in [0.15, 0.2) is 42.7 Å². The Morgan fingerprint density at radius 3 is 2.89 bits per heavy atom. The van der Waals surface area contributed by atoms with Gasteiger partial charge in [-0.05, 0) is 19.1 Å². The van der Waals surface area contributed by atoms with Gasteiger partial charge in [-0.25, -0.2) is 0 Å². The van der Waals surface area contributed by atoms with Crippen molar-refractivity contribution in [2.45, 2.75) is 19.5 Å². The fourth-order valence-corrected chi connectivity index (χ4v) is 1.96. The minimum atomic E-state index is 0.261. The highest BCUT2D eigenvalue weighted by atomic mass is 16.5. The van der Waals surface area contributed by atoms with Crippen LogP contribution in [0.3, 0.4) is 0 Å². The highest BCUT2D eigenvalue weighted by molar-refractivity contribution is 5.35. The minimum Gasteiger partial charge on any atom is -0.496 e. The Hall–Kier alpha value is -1.81. The van der Waals surface area contributed by atoms with Gasteiger partial charge in [-0.15, -0.1) is 0 Å². The number of hydrogen-bond donors (Lipinski definition) is 1. The first-order valence-corrected chi connectivity index (χ1v) is 6.15. The van der Waals surface area contributed by atoms with Crippen molar-refractivity contribution in [1.29, 1.82) is 0 Å². The summed E-state index contributed by atoms with van der Waals surface area (Å²) >= 11 is 0. The number of rotatable bonds is 6. The second kappa shape index (κ2) is 6.21. The monoisotopic (exact) mass is 245 g/mol. The van der Waals surface area contributed by atoms with Gasteiger partial charge in [0.2, 0.25) is 0 Å². The van der Waals surface area contributed by atoms with E-state index in [-0.39, 0.29) is 6.04 Å². The summed E-state index contributed by atoms with van der Waals surface area (Å²) < 4.78 is 7.28. The molecule has 1 atom stereocenters. The Morgan fingerprint density at radius 1 is 1.33 bits per heavy atom.